The van der Waals surface area contributed by atoms with E-state index in [4.69, 9.17) is 4.52 Å². The van der Waals surface area contributed by atoms with Crippen LogP contribution in [0.4, 0.5) is 48.4 Å². The first kappa shape index (κ1) is 31.3. The Balaban J connectivity index is 1.19. The normalized spacial score (nSPS) is 21.0. The number of aromatic nitrogens is 2. The third kappa shape index (κ3) is 8.07. The van der Waals surface area contributed by atoms with Crippen LogP contribution in [-0.2, 0) is 17.5 Å². The topological polar surface area (TPSA) is 103 Å². The fourth-order valence-corrected chi connectivity index (χ4v) is 5.70. The van der Waals surface area contributed by atoms with Crippen molar-refractivity contribution in [2.75, 3.05) is 28.6 Å². The highest BCUT2D eigenvalue weighted by Crippen LogP contribution is 2.38. The number of benzene rings is 2. The van der Waals surface area contributed by atoms with Crippen molar-refractivity contribution in [3.05, 3.63) is 65.9 Å². The van der Waals surface area contributed by atoms with Gasteiger partial charge in [-0.05, 0) is 55.9 Å². The summed E-state index contributed by atoms with van der Waals surface area (Å²) >= 11 is 0. The summed E-state index contributed by atoms with van der Waals surface area (Å²) in [7, 11) is 0. The van der Waals surface area contributed by atoms with Crippen molar-refractivity contribution in [3.8, 4) is 0 Å². The van der Waals surface area contributed by atoms with Crippen molar-refractivity contribution in [2.24, 2.45) is 5.92 Å². The van der Waals surface area contributed by atoms with Crippen molar-refractivity contribution in [1.82, 2.24) is 10.6 Å². The monoisotopic (exact) mass is 625 g/mol. The highest BCUT2D eigenvalue weighted by molar-refractivity contribution is 6.02. The summed E-state index contributed by atoms with van der Waals surface area (Å²) in [5.74, 6) is -0.724. The summed E-state index contributed by atoms with van der Waals surface area (Å²) in [6.07, 6.45) is -4.60. The van der Waals surface area contributed by atoms with E-state index in [1.165, 1.54) is 21.8 Å². The lowest BCUT2D eigenvalue weighted by molar-refractivity contribution is -0.767. The van der Waals surface area contributed by atoms with E-state index in [0.29, 0.717) is 38.6 Å². The van der Waals surface area contributed by atoms with Gasteiger partial charge < -0.3 is 15.5 Å². The Kier molecular flexibility index (Phi) is 9.13. The number of rotatable bonds is 8. The number of halogens is 6. The summed E-state index contributed by atoms with van der Waals surface area (Å²) in [4.78, 5) is 27.1. The Morgan fingerprint density at radius 1 is 0.977 bits per heavy atom. The maximum absolute atomic E-state index is 13.8. The molecule has 236 valence electrons. The predicted molar refractivity (Wildman–Crippen MR) is 147 cm³/mol. The lowest BCUT2D eigenvalue weighted by atomic mass is 9.86. The number of anilines is 3. The van der Waals surface area contributed by atoms with Gasteiger partial charge in [0.15, 0.2) is 6.54 Å². The number of carbonyl (C=O) groups excluding carboxylic acids is 2. The van der Waals surface area contributed by atoms with Crippen LogP contribution < -0.4 is 25.5 Å². The smallest absolute Gasteiger partial charge is 0.312 e. The van der Waals surface area contributed by atoms with Crippen LogP contribution in [0.1, 0.15) is 49.1 Å². The lowest BCUT2D eigenvalue weighted by Gasteiger charge is -2.27. The van der Waals surface area contributed by atoms with Gasteiger partial charge in [-0.1, -0.05) is 35.0 Å². The van der Waals surface area contributed by atoms with Gasteiger partial charge in [0.2, 0.25) is 11.2 Å². The molecule has 3 aromatic rings. The predicted octanol–water partition coefficient (Wildman–Crippen LogP) is 5.86. The van der Waals surface area contributed by atoms with E-state index in [0.717, 1.165) is 17.7 Å². The Morgan fingerprint density at radius 3 is 2.39 bits per heavy atom. The van der Waals surface area contributed by atoms with Gasteiger partial charge >= 0.3 is 24.3 Å². The van der Waals surface area contributed by atoms with Gasteiger partial charge in [-0.2, -0.15) is 26.3 Å². The molecule has 1 aliphatic carbocycles. The molecule has 0 bridgehead atoms. The molecule has 2 fully saturated rings. The molecule has 5 rings (SSSR count). The minimum Gasteiger partial charge on any atom is -0.312 e. The first-order valence-electron chi connectivity index (χ1n) is 14.2. The standard InChI is InChI=1S/C29H30F6N6O3/c30-28(31,32)17-36-21-8-6-18(7-9-21)15-40-16-25(44-39-40)38-27(43)37-22-12-20(29(33,34)35)13-23(14-22)41-11-10-24(26(41)42)19-4-2-1-3-5-19/h1-5,12-14,16,18,21,24,36H,6-11,15,17H2,(H-,37,38,39,43)/p+1. The number of carbonyl (C=O) groups is 2. The number of hydrogen-bond acceptors (Lipinski definition) is 5. The number of amides is 3. The third-order valence-electron chi connectivity index (χ3n) is 7.85. The maximum atomic E-state index is 13.8. The molecule has 1 saturated heterocycles. The van der Waals surface area contributed by atoms with Crippen LogP contribution in [0, 0.1) is 5.92 Å². The third-order valence-corrected chi connectivity index (χ3v) is 7.85. The van der Waals surface area contributed by atoms with E-state index in [-0.39, 0.29) is 41.7 Å². The molecule has 2 aromatic carbocycles. The van der Waals surface area contributed by atoms with E-state index < -0.39 is 36.4 Å². The summed E-state index contributed by atoms with van der Waals surface area (Å²) in [6, 6.07) is 10.9. The van der Waals surface area contributed by atoms with Gasteiger partial charge in [0.1, 0.15) is 0 Å². The van der Waals surface area contributed by atoms with E-state index >= 15 is 0 Å². The Hall–Kier alpha value is -4.14. The molecule has 1 aliphatic heterocycles. The van der Waals surface area contributed by atoms with Gasteiger partial charge in [-0.25, -0.2) is 4.79 Å². The van der Waals surface area contributed by atoms with Gasteiger partial charge in [-0.3, -0.25) is 14.6 Å². The van der Waals surface area contributed by atoms with Gasteiger partial charge in [0, 0.05) is 29.9 Å². The summed E-state index contributed by atoms with van der Waals surface area (Å²) in [5.41, 5.74) is -0.410. The summed E-state index contributed by atoms with van der Waals surface area (Å²) < 4.78 is 85.2. The van der Waals surface area contributed by atoms with Gasteiger partial charge in [0.25, 0.3) is 6.20 Å². The minimum absolute atomic E-state index is 0.0133. The highest BCUT2D eigenvalue weighted by atomic mass is 19.4. The number of hydrogen-bond donors (Lipinski definition) is 3. The van der Waals surface area contributed by atoms with E-state index in [9.17, 15) is 35.9 Å². The quantitative estimate of drug-likeness (QED) is 0.215. The molecule has 3 N–H and O–H groups in total. The molecule has 1 saturated carbocycles. The van der Waals surface area contributed by atoms with Crippen LogP contribution in [0.5, 0.6) is 0 Å². The van der Waals surface area contributed by atoms with Crippen molar-refractivity contribution < 1.29 is 45.1 Å². The first-order chi connectivity index (χ1) is 20.8. The molecule has 15 heteroatoms. The van der Waals surface area contributed by atoms with E-state index in [1.807, 2.05) is 6.07 Å². The molecule has 1 atom stereocenters. The van der Waals surface area contributed by atoms with Gasteiger partial charge in [0.05, 0.1) is 18.0 Å². The lowest BCUT2D eigenvalue weighted by Crippen LogP contribution is -2.43. The molecule has 0 spiro atoms. The van der Waals surface area contributed by atoms with Crippen LogP contribution in [0.15, 0.2) is 59.3 Å². The second-order valence-corrected chi connectivity index (χ2v) is 11.1. The highest BCUT2D eigenvalue weighted by Gasteiger charge is 2.37. The molecule has 2 heterocycles. The van der Waals surface area contributed by atoms with Crippen molar-refractivity contribution in [3.63, 3.8) is 0 Å². The average molecular weight is 626 g/mol. The average Bonchev–Trinajstić information content (AvgIpc) is 3.57. The van der Waals surface area contributed by atoms with Crippen molar-refractivity contribution in [1.29, 1.82) is 0 Å². The second kappa shape index (κ2) is 12.8. The molecule has 44 heavy (non-hydrogen) atoms. The maximum Gasteiger partial charge on any atom is 0.416 e. The molecular weight excluding hydrogens is 594 g/mol. The van der Waals surface area contributed by atoms with Crippen LogP contribution >= 0.6 is 0 Å². The SMILES string of the molecule is O=C(Nc1cc(N2CCC(c3ccccc3)C2=O)cc(C(F)(F)F)c1)Nc1c[n+](CC2CCC(NCC(F)(F)F)CC2)no1. The Morgan fingerprint density at radius 2 is 1.70 bits per heavy atom. The van der Waals surface area contributed by atoms with E-state index in [2.05, 4.69) is 21.2 Å². The molecule has 3 amide bonds. The zero-order valence-electron chi connectivity index (χ0n) is 23.4. The summed E-state index contributed by atoms with van der Waals surface area (Å²) in [5, 5.41) is 11.1. The van der Waals surface area contributed by atoms with Crippen LogP contribution in [0.2, 0.25) is 0 Å². The molecule has 9 nitrogen and oxygen atoms in total. The molecule has 2 aliphatic rings. The summed E-state index contributed by atoms with van der Waals surface area (Å²) in [6.45, 7) is -0.386. The molecule has 1 aromatic heterocycles. The zero-order valence-corrected chi connectivity index (χ0v) is 23.4. The molecule has 1 unspecified atom stereocenters. The fraction of sp³-hybridized carbons (Fsp3) is 0.448. The Bertz CT molecular complexity index is 1450. The van der Waals surface area contributed by atoms with E-state index in [1.54, 1.807) is 24.3 Å². The zero-order chi connectivity index (χ0) is 31.5. The van der Waals surface area contributed by atoms with Crippen molar-refractivity contribution >= 4 is 29.2 Å². The van der Waals surface area contributed by atoms with Crippen molar-refractivity contribution in [2.45, 2.75) is 63.0 Å². The number of alkyl halides is 6. The molecular formula is C29H31F6N6O3+. The second-order valence-electron chi connectivity index (χ2n) is 11.1. The Labute approximate surface area is 248 Å². The van der Waals surface area contributed by atoms with Crippen LogP contribution in [0.3, 0.4) is 0 Å². The number of nitrogens with one attached hydrogen (secondary N) is 3. The number of nitrogens with zero attached hydrogens (tertiary/aromatic N) is 3. The van der Waals surface area contributed by atoms with Crippen LogP contribution in [-0.4, -0.2) is 42.5 Å². The van der Waals surface area contributed by atoms with Gasteiger partial charge in [-0.15, -0.1) is 0 Å². The van der Waals surface area contributed by atoms with Crippen LogP contribution in [0.25, 0.3) is 0 Å². The largest absolute Gasteiger partial charge is 0.416 e. The fourth-order valence-electron chi connectivity index (χ4n) is 5.70. The number of urea groups is 1. The first-order valence-corrected chi connectivity index (χ1v) is 14.2. The minimum atomic E-state index is -4.73. The molecule has 0 radical (unpaired) electrons.